The molecule has 0 unspecified atom stereocenters. The van der Waals surface area contributed by atoms with Gasteiger partial charge < -0.3 is 15.0 Å². The molecule has 5 nitrogen and oxygen atoms in total. The number of aromatic amines is 1. The Balaban J connectivity index is 1.55. The number of amides is 1. The Morgan fingerprint density at radius 3 is 2.60 bits per heavy atom. The monoisotopic (exact) mass is 463 g/mol. The largest absolute Gasteiger partial charge is 0.487 e. The second kappa shape index (κ2) is 8.32. The van der Waals surface area contributed by atoms with Gasteiger partial charge in [-0.25, -0.2) is 4.98 Å². The van der Waals surface area contributed by atoms with Crippen LogP contribution in [0.1, 0.15) is 32.9 Å². The van der Waals surface area contributed by atoms with E-state index in [1.54, 1.807) is 0 Å². The molecule has 0 spiro atoms. The normalized spacial score (nSPS) is 10.9. The van der Waals surface area contributed by atoms with E-state index in [0.29, 0.717) is 18.1 Å². The molecule has 152 valence electrons. The van der Waals surface area contributed by atoms with Crippen LogP contribution in [0.15, 0.2) is 59.1 Å². The van der Waals surface area contributed by atoms with Gasteiger partial charge in [0.2, 0.25) is 0 Å². The lowest BCUT2D eigenvalue weighted by atomic mass is 10.1. The molecule has 0 saturated heterocycles. The average molecular weight is 464 g/mol. The summed E-state index contributed by atoms with van der Waals surface area (Å²) in [6.45, 7) is 6.29. The highest BCUT2D eigenvalue weighted by atomic mass is 79.9. The quantitative estimate of drug-likeness (QED) is 0.376. The summed E-state index contributed by atoms with van der Waals surface area (Å²) in [7, 11) is 0. The van der Waals surface area contributed by atoms with Crippen molar-refractivity contribution in [1.29, 1.82) is 0 Å². The van der Waals surface area contributed by atoms with Gasteiger partial charge in [0.25, 0.3) is 5.91 Å². The number of anilines is 1. The maximum absolute atomic E-state index is 12.8. The molecule has 0 atom stereocenters. The number of aromatic nitrogens is 2. The second-order valence-corrected chi connectivity index (χ2v) is 8.18. The Morgan fingerprint density at radius 1 is 1.07 bits per heavy atom. The number of nitrogens with zero attached hydrogens (tertiary/aromatic N) is 1. The molecule has 2 heterocycles. The molecule has 0 bridgehead atoms. The first kappa shape index (κ1) is 20.2. The van der Waals surface area contributed by atoms with Crippen LogP contribution < -0.4 is 10.1 Å². The molecule has 0 radical (unpaired) electrons. The molecule has 0 fully saturated rings. The number of hydrogen-bond acceptors (Lipinski definition) is 3. The fourth-order valence-electron chi connectivity index (χ4n) is 3.39. The highest BCUT2D eigenvalue weighted by Gasteiger charge is 2.17. The molecule has 30 heavy (non-hydrogen) atoms. The van der Waals surface area contributed by atoms with Crippen LogP contribution in [0, 0.1) is 20.8 Å². The fourth-order valence-corrected chi connectivity index (χ4v) is 3.77. The molecule has 0 aliphatic carbocycles. The lowest BCUT2D eigenvalue weighted by Gasteiger charge is -2.17. The first-order valence-corrected chi connectivity index (χ1v) is 10.5. The minimum absolute atomic E-state index is 0.227. The van der Waals surface area contributed by atoms with Crippen molar-refractivity contribution in [2.24, 2.45) is 0 Å². The number of nitrogens with one attached hydrogen (secondary N) is 2. The zero-order valence-electron chi connectivity index (χ0n) is 17.0. The number of hydrogen-bond donors (Lipinski definition) is 2. The molecule has 6 heteroatoms. The fraction of sp³-hybridized carbons (Fsp3) is 0.167. The Morgan fingerprint density at radius 2 is 1.83 bits per heavy atom. The van der Waals surface area contributed by atoms with Crippen molar-refractivity contribution in [3.05, 3.63) is 87.1 Å². The first-order valence-electron chi connectivity index (χ1n) is 9.66. The summed E-state index contributed by atoms with van der Waals surface area (Å²) in [5.41, 5.74) is 5.08. The van der Waals surface area contributed by atoms with E-state index in [1.807, 2.05) is 75.4 Å². The Labute approximate surface area is 183 Å². The third-order valence-corrected chi connectivity index (χ3v) is 5.65. The van der Waals surface area contributed by atoms with Crippen LogP contribution in [-0.4, -0.2) is 15.9 Å². The predicted molar refractivity (Wildman–Crippen MR) is 123 cm³/mol. The van der Waals surface area contributed by atoms with Gasteiger partial charge in [-0.15, -0.1) is 0 Å². The maximum Gasteiger partial charge on any atom is 0.273 e. The van der Waals surface area contributed by atoms with Crippen LogP contribution >= 0.6 is 15.9 Å². The van der Waals surface area contributed by atoms with Crippen LogP contribution in [0.4, 0.5) is 5.82 Å². The smallest absolute Gasteiger partial charge is 0.273 e. The topological polar surface area (TPSA) is 67.0 Å². The number of halogens is 1. The molecule has 4 rings (SSSR count). The van der Waals surface area contributed by atoms with Gasteiger partial charge in [0.1, 0.15) is 23.9 Å². The lowest BCUT2D eigenvalue weighted by molar-refractivity contribution is 0.102. The van der Waals surface area contributed by atoms with Crippen molar-refractivity contribution in [3.8, 4) is 5.75 Å². The van der Waals surface area contributed by atoms with Crippen LogP contribution in [0.25, 0.3) is 10.9 Å². The zero-order chi connectivity index (χ0) is 21.3. The van der Waals surface area contributed by atoms with Gasteiger partial charge in [0.05, 0.1) is 5.69 Å². The molecular weight excluding hydrogens is 442 g/mol. The van der Waals surface area contributed by atoms with E-state index in [9.17, 15) is 4.79 Å². The molecule has 0 aliphatic rings. The van der Waals surface area contributed by atoms with Crippen molar-refractivity contribution in [2.75, 3.05) is 5.32 Å². The van der Waals surface area contributed by atoms with Gasteiger partial charge >= 0.3 is 0 Å². The van der Waals surface area contributed by atoms with Crippen molar-refractivity contribution < 1.29 is 9.53 Å². The van der Waals surface area contributed by atoms with E-state index in [0.717, 1.165) is 43.5 Å². The Hall–Kier alpha value is -3.12. The van der Waals surface area contributed by atoms with Gasteiger partial charge in [-0.05, 0) is 61.7 Å². The van der Waals surface area contributed by atoms with Gasteiger partial charge in [0.15, 0.2) is 0 Å². The summed E-state index contributed by atoms with van der Waals surface area (Å²) in [5.74, 6) is 1.07. The molecule has 2 N–H and O–H groups in total. The van der Waals surface area contributed by atoms with Crippen LogP contribution in [0.3, 0.4) is 0 Å². The maximum atomic E-state index is 12.8. The van der Waals surface area contributed by atoms with Gasteiger partial charge in [-0.1, -0.05) is 46.3 Å². The second-order valence-electron chi connectivity index (χ2n) is 7.27. The summed E-state index contributed by atoms with van der Waals surface area (Å²) in [4.78, 5) is 20.6. The predicted octanol–water partition coefficient (Wildman–Crippen LogP) is 6.08. The summed E-state index contributed by atoms with van der Waals surface area (Å²) in [5, 5.41) is 3.90. The molecule has 2 aromatic carbocycles. The number of carbonyl (C=O) groups is 1. The molecular formula is C24H22BrN3O2. The molecule has 1 amide bonds. The Bertz CT molecular complexity index is 1230. The third kappa shape index (κ3) is 4.09. The molecule has 4 aromatic rings. The molecule has 0 saturated carbocycles. The van der Waals surface area contributed by atoms with Crippen molar-refractivity contribution in [2.45, 2.75) is 27.4 Å². The third-order valence-electron chi connectivity index (χ3n) is 5.15. The number of pyridine rings is 1. The SMILES string of the molecule is Cc1nc(NC(=O)c2cc3cc(Br)ccc3[nH]2)c(C)c(C)c1OCc1ccccc1. The summed E-state index contributed by atoms with van der Waals surface area (Å²) in [6.07, 6.45) is 0. The average Bonchev–Trinajstić information content (AvgIpc) is 3.16. The van der Waals surface area contributed by atoms with E-state index in [-0.39, 0.29) is 5.91 Å². The van der Waals surface area contributed by atoms with Gasteiger partial charge in [-0.2, -0.15) is 0 Å². The standard InChI is InChI=1S/C24H22BrN3O2/c1-14-15(2)23(26-16(3)22(14)30-13-17-7-5-4-6-8-17)28-24(29)21-12-18-11-19(25)9-10-20(18)27-21/h4-12,27H,13H2,1-3H3,(H,26,28,29). The van der Waals surface area contributed by atoms with E-state index in [2.05, 4.69) is 31.2 Å². The van der Waals surface area contributed by atoms with E-state index >= 15 is 0 Å². The van der Waals surface area contributed by atoms with E-state index in [1.165, 1.54) is 0 Å². The number of benzene rings is 2. The number of H-pyrrole nitrogens is 1. The van der Waals surface area contributed by atoms with Gasteiger partial charge in [-0.3, -0.25) is 4.79 Å². The van der Waals surface area contributed by atoms with Crippen molar-refractivity contribution in [1.82, 2.24) is 9.97 Å². The number of aryl methyl sites for hydroxylation is 1. The molecule has 0 aliphatic heterocycles. The van der Waals surface area contributed by atoms with Crippen molar-refractivity contribution >= 4 is 38.6 Å². The van der Waals surface area contributed by atoms with E-state index in [4.69, 9.17) is 4.74 Å². The van der Waals surface area contributed by atoms with Crippen LogP contribution in [0.2, 0.25) is 0 Å². The summed E-state index contributed by atoms with van der Waals surface area (Å²) >= 11 is 3.46. The van der Waals surface area contributed by atoms with Crippen molar-refractivity contribution in [3.63, 3.8) is 0 Å². The highest BCUT2D eigenvalue weighted by molar-refractivity contribution is 9.10. The highest BCUT2D eigenvalue weighted by Crippen LogP contribution is 2.30. The van der Waals surface area contributed by atoms with E-state index < -0.39 is 0 Å². The summed E-state index contributed by atoms with van der Waals surface area (Å²) < 4.78 is 7.01. The van der Waals surface area contributed by atoms with Crippen LogP contribution in [-0.2, 0) is 6.61 Å². The van der Waals surface area contributed by atoms with Gasteiger partial charge in [0, 0.05) is 15.4 Å². The number of carbonyl (C=O) groups excluding carboxylic acids is 1. The number of fused-ring (bicyclic) bond motifs is 1. The zero-order valence-corrected chi connectivity index (χ0v) is 18.6. The number of ether oxygens (including phenoxy) is 1. The number of rotatable bonds is 5. The minimum atomic E-state index is -0.227. The Kier molecular flexibility index (Phi) is 5.59. The van der Waals surface area contributed by atoms with Crippen LogP contribution in [0.5, 0.6) is 5.75 Å². The minimum Gasteiger partial charge on any atom is -0.487 e. The first-order chi connectivity index (χ1) is 14.4. The summed E-state index contributed by atoms with van der Waals surface area (Å²) in [6, 6.07) is 17.7. The molecule has 2 aromatic heterocycles. The lowest BCUT2D eigenvalue weighted by Crippen LogP contribution is -2.16.